The molecule has 1 aromatic carbocycles. The highest BCUT2D eigenvalue weighted by molar-refractivity contribution is 5.95. The van der Waals surface area contributed by atoms with Gasteiger partial charge in [0.05, 0.1) is 12.3 Å². The topological polar surface area (TPSA) is 53.8 Å². The van der Waals surface area contributed by atoms with Gasteiger partial charge in [-0.1, -0.05) is 24.3 Å². The lowest BCUT2D eigenvalue weighted by Crippen LogP contribution is -2.55. The molecule has 0 bridgehead atoms. The predicted molar refractivity (Wildman–Crippen MR) is 79.2 cm³/mol. The molecule has 0 aliphatic carbocycles. The fraction of sp³-hybridized carbons (Fsp3) is 0.294. The Morgan fingerprint density at radius 2 is 2.05 bits per heavy atom. The summed E-state index contributed by atoms with van der Waals surface area (Å²) >= 11 is 0. The Balaban J connectivity index is 1.66. The van der Waals surface area contributed by atoms with Gasteiger partial charge in [0.25, 0.3) is 5.91 Å². The average Bonchev–Trinajstić information content (AvgIpc) is 3.08. The first-order chi connectivity index (χ1) is 10.7. The lowest BCUT2D eigenvalue weighted by atomic mass is 9.90. The summed E-state index contributed by atoms with van der Waals surface area (Å²) in [5.41, 5.74) is 2.42. The number of carbonyl (C=O) groups is 2. The molecule has 2 amide bonds. The van der Waals surface area contributed by atoms with Crippen LogP contribution in [0.2, 0.25) is 0 Å². The van der Waals surface area contributed by atoms with Crippen molar-refractivity contribution in [3.63, 3.8) is 0 Å². The van der Waals surface area contributed by atoms with Crippen molar-refractivity contribution < 1.29 is 14.0 Å². The summed E-state index contributed by atoms with van der Waals surface area (Å²) in [5, 5.41) is 0. The van der Waals surface area contributed by atoms with Crippen molar-refractivity contribution in [2.45, 2.75) is 12.5 Å². The largest absolute Gasteiger partial charge is 0.459 e. The smallest absolute Gasteiger partial charge is 0.290 e. The van der Waals surface area contributed by atoms with Crippen LogP contribution in [0.5, 0.6) is 0 Å². The fourth-order valence-corrected chi connectivity index (χ4v) is 3.39. The van der Waals surface area contributed by atoms with E-state index in [0.29, 0.717) is 6.54 Å². The second-order valence-electron chi connectivity index (χ2n) is 5.71. The summed E-state index contributed by atoms with van der Waals surface area (Å²) in [5.74, 6) is 0.0667. The van der Waals surface area contributed by atoms with Crippen LogP contribution in [0, 0.1) is 0 Å². The lowest BCUT2D eigenvalue weighted by Gasteiger charge is -2.44. The van der Waals surface area contributed by atoms with Crippen molar-refractivity contribution in [1.29, 1.82) is 0 Å². The lowest BCUT2D eigenvalue weighted by molar-refractivity contribution is -0.139. The first kappa shape index (κ1) is 13.1. The van der Waals surface area contributed by atoms with Gasteiger partial charge in [0, 0.05) is 13.1 Å². The number of carbonyl (C=O) groups excluding carboxylic acids is 2. The first-order valence-electron chi connectivity index (χ1n) is 7.44. The van der Waals surface area contributed by atoms with Crippen molar-refractivity contribution in [2.24, 2.45) is 0 Å². The van der Waals surface area contributed by atoms with E-state index in [-0.39, 0.29) is 30.2 Å². The normalized spacial score (nSPS) is 20.5. The minimum absolute atomic E-state index is 0.00524. The van der Waals surface area contributed by atoms with Gasteiger partial charge in [-0.2, -0.15) is 0 Å². The molecular formula is C17H16N2O3. The maximum Gasteiger partial charge on any atom is 0.290 e. The summed E-state index contributed by atoms with van der Waals surface area (Å²) in [6.07, 6.45) is 2.35. The van der Waals surface area contributed by atoms with Crippen molar-refractivity contribution in [3.8, 4) is 0 Å². The molecule has 1 saturated heterocycles. The zero-order valence-corrected chi connectivity index (χ0v) is 12.1. The number of nitrogens with zero attached hydrogens (tertiary/aromatic N) is 2. The molecule has 0 N–H and O–H groups in total. The van der Waals surface area contributed by atoms with E-state index in [4.69, 9.17) is 4.42 Å². The molecule has 22 heavy (non-hydrogen) atoms. The van der Waals surface area contributed by atoms with Crippen LogP contribution in [0.1, 0.15) is 27.7 Å². The number of hydrogen-bond acceptors (Lipinski definition) is 3. The number of furan rings is 1. The van der Waals surface area contributed by atoms with Gasteiger partial charge < -0.3 is 14.2 Å². The number of fused-ring (bicyclic) bond motifs is 3. The van der Waals surface area contributed by atoms with E-state index in [0.717, 1.165) is 18.5 Å². The van der Waals surface area contributed by atoms with Crippen LogP contribution in [0.4, 0.5) is 0 Å². The van der Waals surface area contributed by atoms with Gasteiger partial charge in [-0.3, -0.25) is 9.59 Å². The van der Waals surface area contributed by atoms with Gasteiger partial charge in [0.1, 0.15) is 6.54 Å². The molecular weight excluding hydrogens is 280 g/mol. The molecule has 112 valence electrons. The monoisotopic (exact) mass is 296 g/mol. The number of benzene rings is 1. The van der Waals surface area contributed by atoms with Gasteiger partial charge in [-0.05, 0) is 29.7 Å². The average molecular weight is 296 g/mol. The van der Waals surface area contributed by atoms with Gasteiger partial charge >= 0.3 is 0 Å². The fourth-order valence-electron chi connectivity index (χ4n) is 3.39. The zero-order chi connectivity index (χ0) is 15.1. The first-order valence-corrected chi connectivity index (χ1v) is 7.44. The third-order valence-electron chi connectivity index (χ3n) is 4.47. The van der Waals surface area contributed by atoms with Crippen LogP contribution in [-0.4, -0.2) is 41.2 Å². The van der Waals surface area contributed by atoms with E-state index < -0.39 is 0 Å². The van der Waals surface area contributed by atoms with E-state index in [1.807, 2.05) is 17.0 Å². The Labute approximate surface area is 128 Å². The molecule has 3 heterocycles. The Morgan fingerprint density at radius 1 is 1.18 bits per heavy atom. The molecule has 0 unspecified atom stereocenters. The predicted octanol–water partition coefficient (Wildman–Crippen LogP) is 1.86. The van der Waals surface area contributed by atoms with Crippen LogP contribution < -0.4 is 0 Å². The second-order valence-corrected chi connectivity index (χ2v) is 5.71. The Hall–Kier alpha value is -2.56. The van der Waals surface area contributed by atoms with Crippen molar-refractivity contribution in [3.05, 3.63) is 59.5 Å². The van der Waals surface area contributed by atoms with Crippen LogP contribution in [-0.2, 0) is 11.2 Å². The van der Waals surface area contributed by atoms with Gasteiger partial charge in [-0.25, -0.2) is 0 Å². The summed E-state index contributed by atoms with van der Waals surface area (Å²) in [6.45, 7) is 1.36. The quantitative estimate of drug-likeness (QED) is 0.807. The van der Waals surface area contributed by atoms with Gasteiger partial charge in [0.2, 0.25) is 5.91 Å². The summed E-state index contributed by atoms with van der Waals surface area (Å²) in [6, 6.07) is 11.4. The molecule has 0 spiro atoms. The number of rotatable bonds is 1. The van der Waals surface area contributed by atoms with Crippen LogP contribution in [0.15, 0.2) is 47.1 Å². The summed E-state index contributed by atoms with van der Waals surface area (Å²) in [4.78, 5) is 28.4. The minimum atomic E-state index is -0.221. The van der Waals surface area contributed by atoms with Gasteiger partial charge in [0.15, 0.2) is 5.76 Å². The molecule has 0 radical (unpaired) electrons. The molecule has 0 saturated carbocycles. The number of amides is 2. The Morgan fingerprint density at radius 3 is 2.86 bits per heavy atom. The van der Waals surface area contributed by atoms with E-state index in [1.54, 1.807) is 17.0 Å². The zero-order valence-electron chi connectivity index (χ0n) is 12.1. The van der Waals surface area contributed by atoms with Crippen LogP contribution in [0.25, 0.3) is 0 Å². The van der Waals surface area contributed by atoms with Crippen LogP contribution in [0.3, 0.4) is 0 Å². The minimum Gasteiger partial charge on any atom is -0.459 e. The maximum atomic E-state index is 12.5. The molecule has 2 aliphatic rings. The maximum absolute atomic E-state index is 12.5. The highest BCUT2D eigenvalue weighted by Crippen LogP contribution is 2.33. The summed E-state index contributed by atoms with van der Waals surface area (Å²) < 4.78 is 5.17. The Kier molecular flexibility index (Phi) is 2.99. The second kappa shape index (κ2) is 5.02. The van der Waals surface area contributed by atoms with E-state index >= 15 is 0 Å². The molecule has 2 aliphatic heterocycles. The van der Waals surface area contributed by atoms with Crippen molar-refractivity contribution >= 4 is 11.8 Å². The van der Waals surface area contributed by atoms with E-state index in [1.165, 1.54) is 11.8 Å². The number of piperazine rings is 1. The third kappa shape index (κ3) is 2.01. The van der Waals surface area contributed by atoms with E-state index in [9.17, 15) is 9.59 Å². The molecule has 5 heteroatoms. The standard InChI is InChI=1S/C17H16N2O3/c20-16-11-18(17(21)15-6-3-9-22-15)10-14-13-5-2-1-4-12(13)7-8-19(14)16/h1-6,9,14H,7-8,10-11H2/t14-/m0/s1. The Bertz CT molecular complexity index is 723. The van der Waals surface area contributed by atoms with Crippen molar-refractivity contribution in [2.75, 3.05) is 19.6 Å². The van der Waals surface area contributed by atoms with Crippen molar-refractivity contribution in [1.82, 2.24) is 9.80 Å². The molecule has 1 fully saturated rings. The number of hydrogen-bond donors (Lipinski definition) is 0. The summed E-state index contributed by atoms with van der Waals surface area (Å²) in [7, 11) is 0. The molecule has 5 nitrogen and oxygen atoms in total. The molecule has 1 atom stereocenters. The highest BCUT2D eigenvalue weighted by Gasteiger charge is 2.38. The molecule has 4 rings (SSSR count). The highest BCUT2D eigenvalue weighted by atomic mass is 16.3. The SMILES string of the molecule is O=C(c1ccco1)N1CC(=O)N2CCc3ccccc3[C@@H]2C1. The van der Waals surface area contributed by atoms with Crippen LogP contribution >= 0.6 is 0 Å². The molecule has 1 aromatic heterocycles. The third-order valence-corrected chi connectivity index (χ3v) is 4.47. The van der Waals surface area contributed by atoms with E-state index in [2.05, 4.69) is 12.1 Å². The van der Waals surface area contributed by atoms with Gasteiger partial charge in [-0.15, -0.1) is 0 Å². The molecule has 2 aromatic rings.